The Hall–Kier alpha value is -4.28. The van der Waals surface area contributed by atoms with Crippen molar-refractivity contribution in [2.75, 3.05) is 17.7 Å². The Kier molecular flexibility index (Phi) is 7.58. The number of carbonyl (C=O) groups is 2. The summed E-state index contributed by atoms with van der Waals surface area (Å²) in [7, 11) is 1.52. The smallest absolute Gasteiger partial charge is 0.336 e. The molecule has 39 heavy (non-hydrogen) atoms. The number of thioether (sulfide) groups is 1. The lowest BCUT2D eigenvalue weighted by atomic mass is 9.91. The lowest BCUT2D eigenvalue weighted by molar-refractivity contribution is -0.113. The summed E-state index contributed by atoms with van der Waals surface area (Å²) in [6.07, 6.45) is 0. The molecule has 4 aromatic rings. The quantitative estimate of drug-likeness (QED) is 0.229. The van der Waals surface area contributed by atoms with Crippen molar-refractivity contribution >= 4 is 46.9 Å². The Morgan fingerprint density at radius 2 is 1.82 bits per heavy atom. The second-order valence-corrected chi connectivity index (χ2v) is 10.0. The lowest BCUT2D eigenvalue weighted by Crippen LogP contribution is -2.32. The number of methoxy groups -OCH3 is 1. The average Bonchev–Trinajstić information content (AvgIpc) is 3.34. The number of allylic oxidation sites excluding steroid dienone is 1. The average molecular weight is 562 g/mol. The van der Waals surface area contributed by atoms with Crippen LogP contribution in [0.25, 0.3) is 0 Å². The molecule has 1 atom stereocenters. The van der Waals surface area contributed by atoms with Gasteiger partial charge in [-0.15, -0.1) is 5.10 Å². The van der Waals surface area contributed by atoms with Gasteiger partial charge in [-0.25, -0.2) is 9.48 Å². The normalized spacial score (nSPS) is 14.4. The molecule has 0 bridgehead atoms. The second-order valence-electron chi connectivity index (χ2n) is 8.66. The summed E-state index contributed by atoms with van der Waals surface area (Å²) in [5.74, 6) is -0.113. The number of nitrogens with one attached hydrogen (secondary N) is 2. The van der Waals surface area contributed by atoms with Crippen LogP contribution in [0.3, 0.4) is 0 Å². The molecule has 0 fully saturated rings. The van der Waals surface area contributed by atoms with Crippen LogP contribution in [0, 0.1) is 0 Å². The number of aromatic nitrogens is 3. The fourth-order valence-corrected chi connectivity index (χ4v) is 5.51. The molecule has 5 rings (SSSR count). The van der Waals surface area contributed by atoms with Gasteiger partial charge in [0.1, 0.15) is 11.8 Å². The van der Waals surface area contributed by atoms with Gasteiger partial charge in [0.2, 0.25) is 11.1 Å². The number of fused-ring (bicyclic) bond motifs is 1. The van der Waals surface area contributed by atoms with E-state index in [-0.39, 0.29) is 5.56 Å². The third kappa shape index (κ3) is 5.34. The number of anilines is 2. The number of aromatic carboxylic acids is 1. The Balaban J connectivity index is 1.56. The van der Waals surface area contributed by atoms with Gasteiger partial charge in [-0.2, -0.15) is 4.98 Å². The van der Waals surface area contributed by atoms with Crippen LogP contribution in [0.5, 0.6) is 5.75 Å². The maximum absolute atomic E-state index is 13.8. The number of carbonyl (C=O) groups excluding carboxylic acids is 1. The summed E-state index contributed by atoms with van der Waals surface area (Å²) in [4.78, 5) is 30.6. The van der Waals surface area contributed by atoms with Crippen molar-refractivity contribution in [3.05, 3.63) is 106 Å². The number of hydrogen-bond acceptors (Lipinski definition) is 7. The molecule has 3 aromatic carbocycles. The van der Waals surface area contributed by atoms with Gasteiger partial charge in [0, 0.05) is 16.5 Å². The molecule has 0 saturated heterocycles. The number of ether oxygens (including phenoxy) is 1. The van der Waals surface area contributed by atoms with E-state index in [0.29, 0.717) is 50.2 Å². The van der Waals surface area contributed by atoms with E-state index in [1.54, 1.807) is 54.1 Å². The number of amides is 1. The summed E-state index contributed by atoms with van der Waals surface area (Å²) >= 11 is 7.70. The van der Waals surface area contributed by atoms with Crippen molar-refractivity contribution in [3.63, 3.8) is 0 Å². The van der Waals surface area contributed by atoms with Crippen LogP contribution in [0.4, 0.5) is 11.6 Å². The van der Waals surface area contributed by atoms with Gasteiger partial charge in [-0.3, -0.25) is 4.79 Å². The Morgan fingerprint density at radius 3 is 2.59 bits per heavy atom. The number of rotatable bonds is 8. The fourth-order valence-electron chi connectivity index (χ4n) is 4.40. The van der Waals surface area contributed by atoms with Crippen molar-refractivity contribution in [2.24, 2.45) is 0 Å². The first kappa shape index (κ1) is 26.3. The van der Waals surface area contributed by atoms with Crippen molar-refractivity contribution < 1.29 is 19.4 Å². The van der Waals surface area contributed by atoms with Crippen LogP contribution >= 0.6 is 23.4 Å². The van der Waals surface area contributed by atoms with Gasteiger partial charge < -0.3 is 20.5 Å². The standard InChI is InChI=1S/C28H24ClN5O4S/c1-16-23(25(35)31-21-13-7-8-14-22(21)38-2)24(18-10-4-5-11-19(18)26(36)37)34-27(30-16)32-28(33-34)39-15-17-9-3-6-12-20(17)29/h3-14,24H,15H2,1-2H3,(H,31,35)(H,36,37)(H,30,32,33). The van der Waals surface area contributed by atoms with Gasteiger partial charge in [-0.05, 0) is 42.3 Å². The molecule has 1 amide bonds. The molecule has 1 aliphatic heterocycles. The van der Waals surface area contributed by atoms with Crippen LogP contribution < -0.4 is 15.4 Å². The maximum atomic E-state index is 13.8. The molecule has 2 heterocycles. The summed E-state index contributed by atoms with van der Waals surface area (Å²) in [6, 6.07) is 20.3. The SMILES string of the molecule is COc1ccccc1NC(=O)C1=C(C)Nc2nc(SCc3ccccc3Cl)nn2C1c1ccccc1C(=O)O. The highest BCUT2D eigenvalue weighted by atomic mass is 35.5. The summed E-state index contributed by atoms with van der Waals surface area (Å²) in [5.41, 5.74) is 2.71. The molecular formula is C28H24ClN5O4S. The van der Waals surface area contributed by atoms with Crippen molar-refractivity contribution in [3.8, 4) is 5.75 Å². The Labute approximate surface area is 233 Å². The van der Waals surface area contributed by atoms with Gasteiger partial charge in [-0.1, -0.05) is 71.9 Å². The maximum Gasteiger partial charge on any atom is 0.336 e. The number of halogens is 1. The number of hydrogen-bond donors (Lipinski definition) is 3. The molecule has 1 aromatic heterocycles. The van der Waals surface area contributed by atoms with Crippen LogP contribution in [-0.2, 0) is 10.5 Å². The molecular weight excluding hydrogens is 538 g/mol. The van der Waals surface area contributed by atoms with Crippen molar-refractivity contribution in [1.29, 1.82) is 0 Å². The minimum atomic E-state index is -1.11. The first-order valence-electron chi connectivity index (χ1n) is 11.9. The van der Waals surface area contributed by atoms with E-state index in [9.17, 15) is 14.7 Å². The molecule has 9 nitrogen and oxygen atoms in total. The third-order valence-electron chi connectivity index (χ3n) is 6.23. The molecule has 0 spiro atoms. The largest absolute Gasteiger partial charge is 0.495 e. The molecule has 0 radical (unpaired) electrons. The minimum absolute atomic E-state index is 0.0616. The van der Waals surface area contributed by atoms with Crippen LogP contribution in [-0.4, -0.2) is 38.9 Å². The Bertz CT molecular complexity index is 1600. The molecule has 1 unspecified atom stereocenters. The molecule has 3 N–H and O–H groups in total. The highest BCUT2D eigenvalue weighted by Crippen LogP contribution is 2.39. The number of para-hydroxylation sites is 2. The molecule has 11 heteroatoms. The van der Waals surface area contributed by atoms with Crippen LogP contribution in [0.15, 0.2) is 89.2 Å². The zero-order chi connectivity index (χ0) is 27.5. The lowest BCUT2D eigenvalue weighted by Gasteiger charge is -2.29. The Morgan fingerprint density at radius 1 is 1.10 bits per heavy atom. The van der Waals surface area contributed by atoms with Crippen LogP contribution in [0.2, 0.25) is 5.02 Å². The summed E-state index contributed by atoms with van der Waals surface area (Å²) in [5, 5.41) is 21.8. The third-order valence-corrected chi connectivity index (χ3v) is 7.49. The van der Waals surface area contributed by atoms with E-state index in [1.807, 2.05) is 24.3 Å². The van der Waals surface area contributed by atoms with E-state index in [0.717, 1.165) is 5.56 Å². The first-order valence-corrected chi connectivity index (χ1v) is 13.3. The minimum Gasteiger partial charge on any atom is -0.495 e. The van der Waals surface area contributed by atoms with Crippen LogP contribution in [0.1, 0.15) is 34.5 Å². The number of carboxylic acid groups (broad SMARTS) is 1. The van der Waals surface area contributed by atoms with E-state index in [1.165, 1.54) is 24.9 Å². The highest BCUT2D eigenvalue weighted by Gasteiger charge is 2.36. The topological polar surface area (TPSA) is 118 Å². The van der Waals surface area contributed by atoms with Gasteiger partial charge in [0.15, 0.2) is 0 Å². The summed E-state index contributed by atoms with van der Waals surface area (Å²) in [6.45, 7) is 1.75. The number of carboxylic acids is 1. The predicted octanol–water partition coefficient (Wildman–Crippen LogP) is 5.86. The number of benzene rings is 3. The van der Waals surface area contributed by atoms with E-state index >= 15 is 0 Å². The van der Waals surface area contributed by atoms with Gasteiger partial charge >= 0.3 is 5.97 Å². The zero-order valence-corrected chi connectivity index (χ0v) is 22.6. The van der Waals surface area contributed by atoms with E-state index in [2.05, 4.69) is 15.6 Å². The molecule has 198 valence electrons. The fraction of sp³-hybridized carbons (Fsp3) is 0.143. The predicted molar refractivity (Wildman–Crippen MR) is 151 cm³/mol. The van der Waals surface area contributed by atoms with Gasteiger partial charge in [0.05, 0.1) is 23.9 Å². The van der Waals surface area contributed by atoms with E-state index in [4.69, 9.17) is 21.4 Å². The number of nitrogens with zero attached hydrogens (tertiary/aromatic N) is 3. The second kappa shape index (κ2) is 11.2. The first-order chi connectivity index (χ1) is 18.9. The molecule has 0 saturated carbocycles. The molecule has 0 aliphatic carbocycles. The summed E-state index contributed by atoms with van der Waals surface area (Å²) < 4.78 is 6.95. The van der Waals surface area contributed by atoms with Crippen molar-refractivity contribution in [1.82, 2.24) is 14.8 Å². The monoisotopic (exact) mass is 561 g/mol. The molecule has 1 aliphatic rings. The van der Waals surface area contributed by atoms with Crippen molar-refractivity contribution in [2.45, 2.75) is 23.9 Å². The zero-order valence-electron chi connectivity index (χ0n) is 21.0. The van der Waals surface area contributed by atoms with Gasteiger partial charge in [0.25, 0.3) is 5.91 Å². The van der Waals surface area contributed by atoms with E-state index < -0.39 is 17.9 Å². The highest BCUT2D eigenvalue weighted by molar-refractivity contribution is 7.98.